The molecule has 5 nitrogen and oxygen atoms in total. The van der Waals surface area contributed by atoms with E-state index in [1.165, 1.54) is 0 Å². The van der Waals surface area contributed by atoms with Crippen LogP contribution in [0.5, 0.6) is 0 Å². The van der Waals surface area contributed by atoms with Crippen LogP contribution < -0.4 is 0 Å². The zero-order valence-electron chi connectivity index (χ0n) is 10.9. The first-order valence-corrected chi connectivity index (χ1v) is 13.7. The molecule has 0 unspecified atom stereocenters. The van der Waals surface area contributed by atoms with E-state index < -0.39 is 24.4 Å². The summed E-state index contributed by atoms with van der Waals surface area (Å²) in [5, 5.41) is 0. The maximum atomic E-state index is 11.1. The summed E-state index contributed by atoms with van der Waals surface area (Å²) in [5.74, 6) is 0. The fourth-order valence-corrected chi connectivity index (χ4v) is 1.83. The summed E-state index contributed by atoms with van der Waals surface area (Å²) in [5.41, 5.74) is 0. The lowest BCUT2D eigenvalue weighted by Crippen LogP contribution is -2.28. The molecule has 0 N–H and O–H groups in total. The molecule has 0 bridgehead atoms. The molecule has 0 rings (SSSR count). The molecule has 0 aliphatic carbocycles. The van der Waals surface area contributed by atoms with Crippen LogP contribution >= 0.6 is 8.25 Å². The molecule has 96 valence electrons. The Hall–Kier alpha value is 0.374. The summed E-state index contributed by atoms with van der Waals surface area (Å²) < 4.78 is 20.2. The molecule has 0 saturated carbocycles. The SMILES string of the molecule is C[Si](C)(C)COO[P+](=O)OOC[Si](C)(C)C. The Morgan fingerprint density at radius 2 is 1.12 bits per heavy atom. The Labute approximate surface area is 100 Å². The number of rotatable bonds is 8. The number of hydrogen-bond acceptors (Lipinski definition) is 5. The zero-order chi connectivity index (χ0) is 12.8. The Morgan fingerprint density at radius 3 is 1.38 bits per heavy atom. The summed E-state index contributed by atoms with van der Waals surface area (Å²) in [7, 11) is -5.04. The van der Waals surface area contributed by atoms with Crippen molar-refractivity contribution in [1.82, 2.24) is 0 Å². The maximum absolute atomic E-state index is 11.1. The van der Waals surface area contributed by atoms with Gasteiger partial charge in [0.05, 0.1) is 38.0 Å². The van der Waals surface area contributed by atoms with Gasteiger partial charge in [-0.2, -0.15) is 9.78 Å². The van der Waals surface area contributed by atoms with Crippen LogP contribution in [0.4, 0.5) is 0 Å². The van der Waals surface area contributed by atoms with Crippen molar-refractivity contribution in [2.45, 2.75) is 39.3 Å². The zero-order valence-corrected chi connectivity index (χ0v) is 13.8. The van der Waals surface area contributed by atoms with Gasteiger partial charge in [0.15, 0.2) is 0 Å². The van der Waals surface area contributed by atoms with Crippen molar-refractivity contribution in [3.8, 4) is 0 Å². The van der Waals surface area contributed by atoms with Gasteiger partial charge < -0.3 is 0 Å². The Bertz CT molecular complexity index is 201. The molecule has 8 heteroatoms. The molecule has 0 aromatic rings. The van der Waals surface area contributed by atoms with Crippen LogP contribution in [-0.2, 0) is 23.7 Å². The lowest BCUT2D eigenvalue weighted by molar-refractivity contribution is -0.244. The normalized spacial score (nSPS) is 12.9. The Kier molecular flexibility index (Phi) is 7.12. The van der Waals surface area contributed by atoms with E-state index in [9.17, 15) is 4.57 Å². The van der Waals surface area contributed by atoms with Gasteiger partial charge in [-0.1, -0.05) is 39.3 Å². The molecular weight excluding hydrogens is 263 g/mol. The van der Waals surface area contributed by atoms with Gasteiger partial charge in [-0.05, 0) is 0 Å². The first-order chi connectivity index (χ1) is 7.10. The predicted octanol–water partition coefficient (Wildman–Crippen LogP) is 3.30. The standard InChI is InChI=1S/C8H22O5PSi2/c1-15(2,3)7-10-12-14(9)13-11-8-16(4,5)6/h7-8H2,1-6H3/q+1. The smallest absolute Gasteiger partial charge is 0.191 e. The topological polar surface area (TPSA) is 54.0 Å². The first kappa shape index (κ1) is 16.4. The molecule has 0 aliphatic heterocycles. The second-order valence-electron chi connectivity index (χ2n) is 6.02. The van der Waals surface area contributed by atoms with Crippen molar-refractivity contribution >= 4 is 24.4 Å². The van der Waals surface area contributed by atoms with Crippen LogP contribution in [0.3, 0.4) is 0 Å². The van der Waals surface area contributed by atoms with Gasteiger partial charge in [-0.15, -0.1) is 0 Å². The third kappa shape index (κ3) is 12.4. The molecular formula is C8H22O5PSi2+. The number of hydrogen-bond donors (Lipinski definition) is 0. The van der Waals surface area contributed by atoms with E-state index in [-0.39, 0.29) is 0 Å². The third-order valence-electron chi connectivity index (χ3n) is 1.21. The maximum Gasteiger partial charge on any atom is 0.759 e. The van der Waals surface area contributed by atoms with Crippen LogP contribution in [0.1, 0.15) is 0 Å². The molecule has 0 fully saturated rings. The summed E-state index contributed by atoms with van der Waals surface area (Å²) >= 11 is 0. The molecule has 0 heterocycles. The minimum Gasteiger partial charge on any atom is -0.191 e. The minimum absolute atomic E-state index is 0.478. The van der Waals surface area contributed by atoms with E-state index >= 15 is 0 Å². The second kappa shape index (κ2) is 6.95. The van der Waals surface area contributed by atoms with Gasteiger partial charge in [-0.3, -0.25) is 0 Å². The highest BCUT2D eigenvalue weighted by atomic mass is 31.1. The molecule has 16 heavy (non-hydrogen) atoms. The van der Waals surface area contributed by atoms with Crippen molar-refractivity contribution in [3.63, 3.8) is 0 Å². The van der Waals surface area contributed by atoms with Gasteiger partial charge in [-0.25, -0.2) is 0 Å². The summed E-state index contributed by atoms with van der Waals surface area (Å²) in [6.07, 6.45) is 0.955. The summed E-state index contributed by atoms with van der Waals surface area (Å²) in [4.78, 5) is 9.65. The van der Waals surface area contributed by atoms with Crippen LogP contribution in [0, 0.1) is 0 Å². The van der Waals surface area contributed by atoms with E-state index in [1.807, 2.05) is 0 Å². The fourth-order valence-electron chi connectivity index (χ4n) is 0.505. The van der Waals surface area contributed by atoms with E-state index in [2.05, 4.69) is 48.6 Å². The Balaban J connectivity index is 3.53. The average Bonchev–Trinajstić information content (AvgIpc) is 1.98. The quantitative estimate of drug-likeness (QED) is 0.296. The van der Waals surface area contributed by atoms with E-state index in [0.29, 0.717) is 12.5 Å². The molecule has 0 spiro atoms. The molecule has 0 aliphatic rings. The molecule has 0 radical (unpaired) electrons. The van der Waals surface area contributed by atoms with Crippen LogP contribution in [0.15, 0.2) is 0 Å². The minimum atomic E-state index is -2.34. The summed E-state index contributed by atoms with van der Waals surface area (Å²) in [6.45, 7) is 12.7. The molecule has 0 atom stereocenters. The lowest BCUT2D eigenvalue weighted by Gasteiger charge is -2.11. The molecule has 0 amide bonds. The largest absolute Gasteiger partial charge is 0.759 e. The highest BCUT2D eigenvalue weighted by Crippen LogP contribution is 2.25. The molecule has 0 aromatic heterocycles. The van der Waals surface area contributed by atoms with Gasteiger partial charge in [0.25, 0.3) is 0 Å². The van der Waals surface area contributed by atoms with E-state index in [0.717, 1.165) is 0 Å². The molecule has 0 saturated heterocycles. The highest BCUT2D eigenvalue weighted by Gasteiger charge is 2.28. The van der Waals surface area contributed by atoms with Crippen molar-refractivity contribution < 1.29 is 23.7 Å². The van der Waals surface area contributed by atoms with Gasteiger partial charge in [0, 0.05) is 4.57 Å². The Morgan fingerprint density at radius 1 is 0.812 bits per heavy atom. The van der Waals surface area contributed by atoms with Gasteiger partial charge in [0.1, 0.15) is 0 Å². The third-order valence-corrected chi connectivity index (χ3v) is 3.63. The van der Waals surface area contributed by atoms with E-state index in [4.69, 9.17) is 9.78 Å². The average molecular weight is 285 g/mol. The molecule has 0 aromatic carbocycles. The van der Waals surface area contributed by atoms with Crippen molar-refractivity contribution in [2.24, 2.45) is 0 Å². The van der Waals surface area contributed by atoms with Crippen LogP contribution in [-0.4, -0.2) is 28.6 Å². The van der Waals surface area contributed by atoms with Gasteiger partial charge >= 0.3 is 8.25 Å². The second-order valence-corrected chi connectivity index (χ2v) is 17.6. The van der Waals surface area contributed by atoms with Crippen molar-refractivity contribution in [2.75, 3.05) is 12.5 Å². The lowest BCUT2D eigenvalue weighted by atomic mass is 11.6. The van der Waals surface area contributed by atoms with E-state index in [1.54, 1.807) is 0 Å². The van der Waals surface area contributed by atoms with Crippen molar-refractivity contribution in [1.29, 1.82) is 0 Å². The van der Waals surface area contributed by atoms with Gasteiger partial charge in [0.2, 0.25) is 0 Å². The fraction of sp³-hybridized carbons (Fsp3) is 1.00. The first-order valence-electron chi connectivity index (χ1n) is 5.17. The van der Waals surface area contributed by atoms with Crippen LogP contribution in [0.2, 0.25) is 39.3 Å². The monoisotopic (exact) mass is 285 g/mol. The van der Waals surface area contributed by atoms with Crippen molar-refractivity contribution in [3.05, 3.63) is 0 Å². The summed E-state index contributed by atoms with van der Waals surface area (Å²) in [6, 6.07) is 0. The van der Waals surface area contributed by atoms with Crippen LogP contribution in [0.25, 0.3) is 0 Å². The predicted molar refractivity (Wildman–Crippen MR) is 68.4 cm³/mol. The highest BCUT2D eigenvalue weighted by molar-refractivity contribution is 7.33.